The molecule has 0 aliphatic carbocycles. The third-order valence-corrected chi connectivity index (χ3v) is 3.45. The second-order valence-electron chi connectivity index (χ2n) is 4.59. The lowest BCUT2D eigenvalue weighted by atomic mass is 10.1. The topological polar surface area (TPSA) is 67.2 Å². The fourth-order valence-electron chi connectivity index (χ4n) is 1.99. The molecule has 0 radical (unpaired) electrons. The molecule has 0 saturated carbocycles. The number of carboxylic acid groups (broad SMARTS) is 1. The summed E-state index contributed by atoms with van der Waals surface area (Å²) in [6, 6.07) is 7.64. The second kappa shape index (κ2) is 6.07. The van der Waals surface area contributed by atoms with Gasteiger partial charge in [-0.25, -0.2) is 4.79 Å². The van der Waals surface area contributed by atoms with E-state index in [9.17, 15) is 4.79 Å². The molecular formula is C14H16ClN3O2. The molecule has 2 aromatic rings. The molecule has 1 aromatic heterocycles. The zero-order valence-corrected chi connectivity index (χ0v) is 12.1. The summed E-state index contributed by atoms with van der Waals surface area (Å²) < 4.78 is 1.57. The highest BCUT2D eigenvalue weighted by atomic mass is 35.5. The molecule has 0 spiro atoms. The van der Waals surface area contributed by atoms with Crippen molar-refractivity contribution in [3.63, 3.8) is 0 Å². The Labute approximate surface area is 122 Å². The predicted molar refractivity (Wildman–Crippen MR) is 76.9 cm³/mol. The number of carboxylic acids is 1. The normalized spacial score (nSPS) is 12.3. The molecule has 20 heavy (non-hydrogen) atoms. The molecule has 0 fully saturated rings. The van der Waals surface area contributed by atoms with Gasteiger partial charge in [0.25, 0.3) is 0 Å². The monoisotopic (exact) mass is 293 g/mol. The van der Waals surface area contributed by atoms with Crippen LogP contribution in [0.15, 0.2) is 30.5 Å². The summed E-state index contributed by atoms with van der Waals surface area (Å²) in [7, 11) is 1.73. The smallest absolute Gasteiger partial charge is 0.339 e. The number of carbonyl (C=O) groups is 1. The van der Waals surface area contributed by atoms with Crippen LogP contribution >= 0.6 is 11.6 Å². The maximum Gasteiger partial charge on any atom is 0.339 e. The van der Waals surface area contributed by atoms with Crippen LogP contribution in [0.5, 0.6) is 0 Å². The lowest BCUT2D eigenvalue weighted by molar-refractivity contribution is 0.0695. The van der Waals surface area contributed by atoms with E-state index in [0.717, 1.165) is 5.56 Å². The summed E-state index contributed by atoms with van der Waals surface area (Å²) in [5, 5.41) is 17.0. The van der Waals surface area contributed by atoms with Gasteiger partial charge >= 0.3 is 5.97 Å². The molecular weight excluding hydrogens is 278 g/mol. The fourth-order valence-corrected chi connectivity index (χ4v) is 2.19. The van der Waals surface area contributed by atoms with Gasteiger partial charge in [0.05, 0.1) is 11.9 Å². The van der Waals surface area contributed by atoms with Crippen LogP contribution in [-0.4, -0.2) is 20.9 Å². The van der Waals surface area contributed by atoms with E-state index in [1.54, 1.807) is 11.7 Å². The van der Waals surface area contributed by atoms with Gasteiger partial charge in [0.15, 0.2) is 0 Å². The first-order chi connectivity index (χ1) is 9.49. The molecule has 106 valence electrons. The summed E-state index contributed by atoms with van der Waals surface area (Å²) in [6.07, 6.45) is 1.36. The molecule has 1 atom stereocenters. The zero-order chi connectivity index (χ0) is 14.7. The maximum atomic E-state index is 11.1. The number of benzene rings is 1. The number of halogens is 1. The molecule has 0 bridgehead atoms. The summed E-state index contributed by atoms with van der Waals surface area (Å²) in [6.45, 7) is 2.42. The molecule has 1 heterocycles. The van der Waals surface area contributed by atoms with Crippen molar-refractivity contribution in [2.45, 2.75) is 19.5 Å². The van der Waals surface area contributed by atoms with Crippen LogP contribution in [0.4, 0.5) is 0 Å². The average molecular weight is 294 g/mol. The third-order valence-electron chi connectivity index (χ3n) is 3.22. The number of rotatable bonds is 5. The maximum absolute atomic E-state index is 11.1. The van der Waals surface area contributed by atoms with Crippen LogP contribution in [0.3, 0.4) is 0 Å². The minimum atomic E-state index is -0.967. The SMILES string of the molecule is C[C@H](NCc1c(C(=O)O)cnn1C)c1cccc(Cl)c1. The Morgan fingerprint density at radius 1 is 1.55 bits per heavy atom. The van der Waals surface area contributed by atoms with Gasteiger partial charge in [-0.2, -0.15) is 5.10 Å². The van der Waals surface area contributed by atoms with Gasteiger partial charge in [0, 0.05) is 24.7 Å². The van der Waals surface area contributed by atoms with E-state index in [4.69, 9.17) is 16.7 Å². The first-order valence-electron chi connectivity index (χ1n) is 6.22. The quantitative estimate of drug-likeness (QED) is 0.889. The number of aromatic nitrogens is 2. The van der Waals surface area contributed by atoms with Gasteiger partial charge in [-0.05, 0) is 24.6 Å². The second-order valence-corrected chi connectivity index (χ2v) is 5.03. The van der Waals surface area contributed by atoms with Gasteiger partial charge < -0.3 is 10.4 Å². The van der Waals surface area contributed by atoms with E-state index in [0.29, 0.717) is 17.3 Å². The van der Waals surface area contributed by atoms with Crippen LogP contribution in [-0.2, 0) is 13.6 Å². The number of hydrogen-bond acceptors (Lipinski definition) is 3. The van der Waals surface area contributed by atoms with Crippen LogP contribution in [0, 0.1) is 0 Å². The van der Waals surface area contributed by atoms with Crippen molar-refractivity contribution in [1.82, 2.24) is 15.1 Å². The first-order valence-corrected chi connectivity index (χ1v) is 6.60. The first kappa shape index (κ1) is 14.6. The van der Waals surface area contributed by atoms with E-state index >= 15 is 0 Å². The van der Waals surface area contributed by atoms with Crippen molar-refractivity contribution in [3.8, 4) is 0 Å². The molecule has 0 unspecified atom stereocenters. The summed E-state index contributed by atoms with van der Waals surface area (Å²) >= 11 is 5.96. The summed E-state index contributed by atoms with van der Waals surface area (Å²) in [5.74, 6) is -0.967. The van der Waals surface area contributed by atoms with E-state index < -0.39 is 5.97 Å². The zero-order valence-electron chi connectivity index (χ0n) is 11.3. The third kappa shape index (κ3) is 3.18. The molecule has 0 saturated heterocycles. The number of hydrogen-bond donors (Lipinski definition) is 2. The largest absolute Gasteiger partial charge is 0.478 e. The summed E-state index contributed by atoms with van der Waals surface area (Å²) in [5.41, 5.74) is 1.92. The molecule has 1 aromatic carbocycles. The lowest BCUT2D eigenvalue weighted by Crippen LogP contribution is -2.21. The van der Waals surface area contributed by atoms with Gasteiger partial charge in [-0.15, -0.1) is 0 Å². The van der Waals surface area contributed by atoms with Gasteiger partial charge in [-0.3, -0.25) is 4.68 Å². The Morgan fingerprint density at radius 3 is 2.95 bits per heavy atom. The molecule has 0 amide bonds. The van der Waals surface area contributed by atoms with Crippen LogP contribution in [0.25, 0.3) is 0 Å². The number of nitrogens with one attached hydrogen (secondary N) is 1. The Hall–Kier alpha value is -1.85. The fraction of sp³-hybridized carbons (Fsp3) is 0.286. The molecule has 2 rings (SSSR count). The van der Waals surface area contributed by atoms with Crippen LogP contribution < -0.4 is 5.32 Å². The van der Waals surface area contributed by atoms with Crippen molar-refractivity contribution >= 4 is 17.6 Å². The number of nitrogens with zero attached hydrogens (tertiary/aromatic N) is 2. The minimum absolute atomic E-state index is 0.0604. The molecule has 6 heteroatoms. The Bertz CT molecular complexity index is 625. The van der Waals surface area contributed by atoms with Gasteiger partial charge in [0.2, 0.25) is 0 Å². The highest BCUT2D eigenvalue weighted by Gasteiger charge is 2.15. The highest BCUT2D eigenvalue weighted by molar-refractivity contribution is 6.30. The molecule has 0 aliphatic heterocycles. The molecule has 2 N–H and O–H groups in total. The lowest BCUT2D eigenvalue weighted by Gasteiger charge is -2.15. The standard InChI is InChI=1S/C14H16ClN3O2/c1-9(10-4-3-5-11(15)6-10)16-8-13-12(14(19)20)7-17-18(13)2/h3-7,9,16H,8H2,1-2H3,(H,19,20)/t9-/m0/s1. The highest BCUT2D eigenvalue weighted by Crippen LogP contribution is 2.18. The Morgan fingerprint density at radius 2 is 2.30 bits per heavy atom. The van der Waals surface area contributed by atoms with E-state index in [-0.39, 0.29) is 11.6 Å². The number of aromatic carboxylic acids is 1. The van der Waals surface area contributed by atoms with E-state index in [1.165, 1.54) is 6.20 Å². The Balaban J connectivity index is 2.09. The predicted octanol–water partition coefficient (Wildman–Crippen LogP) is 2.62. The van der Waals surface area contributed by atoms with Crippen molar-refractivity contribution in [2.75, 3.05) is 0 Å². The molecule has 5 nitrogen and oxygen atoms in total. The average Bonchev–Trinajstić information content (AvgIpc) is 2.77. The van der Waals surface area contributed by atoms with Crippen LogP contribution in [0.2, 0.25) is 5.02 Å². The summed E-state index contributed by atoms with van der Waals surface area (Å²) in [4.78, 5) is 11.1. The van der Waals surface area contributed by atoms with Crippen molar-refractivity contribution in [2.24, 2.45) is 7.05 Å². The minimum Gasteiger partial charge on any atom is -0.478 e. The van der Waals surface area contributed by atoms with Gasteiger partial charge in [0.1, 0.15) is 5.56 Å². The molecule has 0 aliphatic rings. The van der Waals surface area contributed by atoms with Crippen molar-refractivity contribution < 1.29 is 9.90 Å². The Kier molecular flexibility index (Phi) is 4.42. The van der Waals surface area contributed by atoms with Crippen molar-refractivity contribution in [1.29, 1.82) is 0 Å². The van der Waals surface area contributed by atoms with E-state index in [2.05, 4.69) is 10.4 Å². The van der Waals surface area contributed by atoms with Crippen molar-refractivity contribution in [3.05, 3.63) is 52.3 Å². The van der Waals surface area contributed by atoms with Crippen LogP contribution in [0.1, 0.15) is 34.6 Å². The number of aryl methyl sites for hydroxylation is 1. The van der Waals surface area contributed by atoms with Gasteiger partial charge in [-0.1, -0.05) is 23.7 Å². The van der Waals surface area contributed by atoms with E-state index in [1.807, 2.05) is 31.2 Å².